The highest BCUT2D eigenvalue weighted by molar-refractivity contribution is 6.09. The minimum atomic E-state index is -1.94. The second-order valence-corrected chi connectivity index (χ2v) is 22.8. The van der Waals surface area contributed by atoms with Crippen LogP contribution in [0.15, 0.2) is 72.8 Å². The molecule has 4 aromatic carbocycles. The van der Waals surface area contributed by atoms with Crippen molar-refractivity contribution in [2.45, 2.75) is 154 Å². The van der Waals surface area contributed by atoms with Crippen LogP contribution in [0.4, 0.5) is 0 Å². The van der Waals surface area contributed by atoms with Crippen LogP contribution in [0.25, 0.3) is 0 Å². The normalized spacial score (nSPS) is 17.6. The van der Waals surface area contributed by atoms with E-state index >= 15 is 9.59 Å². The van der Waals surface area contributed by atoms with Crippen LogP contribution in [-0.2, 0) is 70.7 Å². The smallest absolute Gasteiger partial charge is 0.328 e. The summed E-state index contributed by atoms with van der Waals surface area (Å²) < 4.78 is 36.0. The van der Waals surface area contributed by atoms with Gasteiger partial charge in [0.15, 0.2) is 0 Å². The molecule has 2 unspecified atom stereocenters. The van der Waals surface area contributed by atoms with Crippen molar-refractivity contribution < 1.29 is 67.4 Å². The first-order valence-electron chi connectivity index (χ1n) is 24.6. The number of carbonyl (C=O) groups is 6. The zero-order valence-corrected chi connectivity index (χ0v) is 43.8. The van der Waals surface area contributed by atoms with Gasteiger partial charge >= 0.3 is 35.8 Å². The Morgan fingerprint density at radius 1 is 0.472 bits per heavy atom. The van der Waals surface area contributed by atoms with Crippen LogP contribution in [-0.4, -0.2) is 72.5 Å². The number of carbonyl (C=O) groups excluding carboxylic acids is 4. The topological polar surface area (TPSA) is 198 Å². The van der Waals surface area contributed by atoms with Gasteiger partial charge in [-0.25, -0.2) is 0 Å². The van der Waals surface area contributed by atoms with Crippen LogP contribution in [0.3, 0.4) is 0 Å². The zero-order chi connectivity index (χ0) is 53.2. The molecule has 0 amide bonds. The first-order valence-corrected chi connectivity index (χ1v) is 24.6. The first-order chi connectivity index (χ1) is 33.5. The summed E-state index contributed by atoms with van der Waals surface area (Å²) in [6.45, 7) is 25.4. The molecule has 0 saturated carbocycles. The van der Waals surface area contributed by atoms with E-state index < -0.39 is 68.3 Å². The lowest BCUT2D eigenvalue weighted by molar-refractivity contribution is -0.148. The number of benzene rings is 4. The largest absolute Gasteiger partial charge is 0.493 e. The lowest BCUT2D eigenvalue weighted by Crippen LogP contribution is -2.58. The van der Waals surface area contributed by atoms with E-state index in [0.717, 1.165) is 22.3 Å². The summed E-state index contributed by atoms with van der Waals surface area (Å²) in [5, 5.41) is 17.8. The lowest BCUT2D eigenvalue weighted by atomic mass is 9.51. The predicted molar refractivity (Wildman–Crippen MR) is 269 cm³/mol. The number of carboxylic acids is 2. The van der Waals surface area contributed by atoms with Crippen LogP contribution in [0.2, 0.25) is 0 Å². The van der Waals surface area contributed by atoms with Crippen molar-refractivity contribution in [1.82, 2.24) is 0 Å². The molecule has 6 rings (SSSR count). The van der Waals surface area contributed by atoms with Crippen LogP contribution in [0, 0.1) is 0 Å². The molecular formula is C58H70O14. The highest BCUT2D eigenvalue weighted by Crippen LogP contribution is 2.65. The van der Waals surface area contributed by atoms with E-state index in [0.29, 0.717) is 58.1 Å². The summed E-state index contributed by atoms with van der Waals surface area (Å²) in [6, 6.07) is 22.3. The standard InChI is InChI=1S/C58H70O14/c1-53(2,3)37-31-41(55(7,8)9)49-43(33-37)57(51(65)71-49,35-15-19-39(20-16-35)67-27-13-29-69-47(63)25-23-45(59)60)58(36-17-21-40(22-18-36)68-28-14-30-70-48(64)26-24-46(61)62)44-34-38(54(4,5)6)32-42(56(10,11)12)50(44)72-52(58)66/h15-22,31-34H,13-14,23-30H2,1-12H3,(H,59,60)(H,61,62). The quantitative estimate of drug-likeness (QED) is 0.0511. The van der Waals surface area contributed by atoms with Crippen molar-refractivity contribution in [1.29, 1.82) is 0 Å². The number of carboxylic acid groups (broad SMARTS) is 2. The highest BCUT2D eigenvalue weighted by Gasteiger charge is 2.73. The molecule has 14 nitrogen and oxygen atoms in total. The second-order valence-electron chi connectivity index (χ2n) is 22.8. The van der Waals surface area contributed by atoms with Crippen LogP contribution >= 0.6 is 0 Å². The van der Waals surface area contributed by atoms with E-state index in [4.69, 9.17) is 38.6 Å². The Morgan fingerprint density at radius 3 is 1.10 bits per heavy atom. The van der Waals surface area contributed by atoms with E-state index in [2.05, 4.69) is 95.2 Å². The van der Waals surface area contributed by atoms with Gasteiger partial charge in [0.2, 0.25) is 0 Å². The van der Waals surface area contributed by atoms with E-state index in [1.54, 1.807) is 48.5 Å². The van der Waals surface area contributed by atoms with Crippen molar-refractivity contribution >= 4 is 35.8 Å². The molecule has 72 heavy (non-hydrogen) atoms. The fraction of sp³-hybridized carbons (Fsp3) is 0.483. The summed E-state index contributed by atoms with van der Waals surface area (Å²) in [6.07, 6.45) is -0.447. The molecule has 2 heterocycles. The Kier molecular flexibility index (Phi) is 15.8. The number of esters is 4. The Morgan fingerprint density at radius 2 is 0.806 bits per heavy atom. The van der Waals surface area contributed by atoms with E-state index in [9.17, 15) is 19.2 Å². The fourth-order valence-corrected chi connectivity index (χ4v) is 9.30. The number of aliphatic carboxylic acids is 2. The van der Waals surface area contributed by atoms with Crippen molar-refractivity contribution in [2.24, 2.45) is 0 Å². The summed E-state index contributed by atoms with van der Waals surface area (Å²) in [4.78, 5) is 78.0. The third-order valence-electron chi connectivity index (χ3n) is 13.2. The van der Waals surface area contributed by atoms with Crippen molar-refractivity contribution in [3.63, 3.8) is 0 Å². The molecule has 14 heteroatoms. The zero-order valence-electron chi connectivity index (χ0n) is 43.8. The summed E-state index contributed by atoms with van der Waals surface area (Å²) in [5.41, 5.74) is -0.453. The molecule has 0 radical (unpaired) electrons. The van der Waals surface area contributed by atoms with E-state index in [1.807, 2.05) is 12.1 Å². The Balaban J connectivity index is 1.58. The average Bonchev–Trinajstić information content (AvgIpc) is 3.75. The molecule has 2 atom stereocenters. The number of hydrogen-bond donors (Lipinski definition) is 2. The molecule has 0 fully saturated rings. The molecule has 0 aliphatic carbocycles. The monoisotopic (exact) mass is 990 g/mol. The third kappa shape index (κ3) is 11.2. The van der Waals surface area contributed by atoms with E-state index in [-0.39, 0.29) is 52.1 Å². The Bertz CT molecular complexity index is 2520. The molecule has 2 aliphatic rings. The predicted octanol–water partition coefficient (Wildman–Crippen LogP) is 10.3. The first kappa shape index (κ1) is 54.6. The van der Waals surface area contributed by atoms with Crippen molar-refractivity contribution in [3.05, 3.63) is 117 Å². The van der Waals surface area contributed by atoms with Gasteiger partial charge in [0.25, 0.3) is 0 Å². The number of hydrogen-bond acceptors (Lipinski definition) is 12. The van der Waals surface area contributed by atoms with Gasteiger partial charge in [-0.3, -0.25) is 28.8 Å². The van der Waals surface area contributed by atoms with Gasteiger partial charge < -0.3 is 38.6 Å². The third-order valence-corrected chi connectivity index (χ3v) is 13.2. The van der Waals surface area contributed by atoms with Crippen molar-refractivity contribution in [3.8, 4) is 23.0 Å². The molecule has 0 saturated heterocycles. The summed E-state index contributed by atoms with van der Waals surface area (Å²) >= 11 is 0. The maximum absolute atomic E-state index is 16.1. The van der Waals surface area contributed by atoms with Gasteiger partial charge in [-0.15, -0.1) is 0 Å². The van der Waals surface area contributed by atoms with Gasteiger partial charge in [0.1, 0.15) is 33.8 Å². The van der Waals surface area contributed by atoms with Gasteiger partial charge in [0, 0.05) is 35.1 Å². The van der Waals surface area contributed by atoms with Gasteiger partial charge in [0.05, 0.1) is 52.1 Å². The molecule has 0 spiro atoms. The number of rotatable bonds is 19. The van der Waals surface area contributed by atoms with Crippen LogP contribution < -0.4 is 18.9 Å². The van der Waals surface area contributed by atoms with Crippen molar-refractivity contribution in [2.75, 3.05) is 26.4 Å². The SMILES string of the molecule is CC(C)(C)c1cc(C(C)(C)C)c2c(c1)C(c1ccc(OCCCOC(=O)CCC(=O)O)cc1)(C1(c3ccc(OCCCOC(=O)CCC(=O)O)cc3)C(=O)Oc3c(C(C)(C)C)cc(C(C)(C)C)cc31)C(=O)O2. The van der Waals surface area contributed by atoms with Crippen LogP contribution in [0.5, 0.6) is 23.0 Å². The lowest BCUT2D eigenvalue weighted by Gasteiger charge is -2.43. The molecular weight excluding hydrogens is 921 g/mol. The molecule has 0 aromatic heterocycles. The number of ether oxygens (including phenoxy) is 6. The highest BCUT2D eigenvalue weighted by atomic mass is 16.6. The molecule has 0 bridgehead atoms. The average molecular weight is 991 g/mol. The maximum atomic E-state index is 16.1. The summed E-state index contributed by atoms with van der Waals surface area (Å²) in [7, 11) is 0. The molecule has 386 valence electrons. The second kappa shape index (κ2) is 20.8. The Hall–Kier alpha value is -6.70. The minimum Gasteiger partial charge on any atom is -0.493 e. The van der Waals surface area contributed by atoms with E-state index in [1.165, 1.54) is 0 Å². The molecule has 2 N–H and O–H groups in total. The Labute approximate surface area is 422 Å². The number of fused-ring (bicyclic) bond motifs is 2. The van der Waals surface area contributed by atoms with Gasteiger partial charge in [-0.05, 0) is 80.3 Å². The molecule has 4 aromatic rings. The fourth-order valence-electron chi connectivity index (χ4n) is 9.30. The van der Waals surface area contributed by atoms with Gasteiger partial charge in [-0.1, -0.05) is 119 Å². The summed E-state index contributed by atoms with van der Waals surface area (Å²) in [5.74, 6) is -3.12. The maximum Gasteiger partial charge on any atom is 0.328 e. The van der Waals surface area contributed by atoms with Crippen LogP contribution in [0.1, 0.15) is 166 Å². The minimum absolute atomic E-state index is 0.0288. The van der Waals surface area contributed by atoms with Gasteiger partial charge in [-0.2, -0.15) is 0 Å². The molecule has 2 aliphatic heterocycles.